The van der Waals surface area contributed by atoms with Crippen LogP contribution in [0.1, 0.15) is 45.4 Å². The molecule has 1 saturated carbocycles. The van der Waals surface area contributed by atoms with Gasteiger partial charge in [-0.05, 0) is 50.5 Å². The molecule has 0 bridgehead atoms. The minimum absolute atomic E-state index is 0.00561. The fourth-order valence-electron chi connectivity index (χ4n) is 4.54. The molecule has 6 heteroatoms. The quantitative estimate of drug-likeness (QED) is 0.530. The first-order valence-corrected chi connectivity index (χ1v) is 11.7. The van der Waals surface area contributed by atoms with Gasteiger partial charge in [0.05, 0.1) is 5.92 Å². The molecule has 0 radical (unpaired) electrons. The summed E-state index contributed by atoms with van der Waals surface area (Å²) in [6.45, 7) is 1.89. The van der Waals surface area contributed by atoms with Crippen molar-refractivity contribution in [1.29, 1.82) is 0 Å². The predicted molar refractivity (Wildman–Crippen MR) is 116 cm³/mol. The van der Waals surface area contributed by atoms with E-state index in [1.807, 2.05) is 36.5 Å². The molecule has 5 nitrogen and oxygen atoms in total. The number of Topliss-reactive ketones (excluding diaryl/α,β-unsaturated/α-hetero) is 1. The number of carbonyl (C=O) groups is 2. The summed E-state index contributed by atoms with van der Waals surface area (Å²) in [6.07, 6.45) is 16.2. The topological polar surface area (TPSA) is 78.5 Å². The van der Waals surface area contributed by atoms with Crippen molar-refractivity contribution in [2.75, 3.05) is 13.6 Å². The average Bonchev–Trinajstić information content (AvgIpc) is 2.91. The summed E-state index contributed by atoms with van der Waals surface area (Å²) in [6, 6.07) is 0. The normalized spacial score (nSPS) is 33.2. The Bertz CT molecular complexity index is 739. The van der Waals surface area contributed by atoms with Crippen molar-refractivity contribution in [3.63, 3.8) is 0 Å². The van der Waals surface area contributed by atoms with E-state index in [9.17, 15) is 14.1 Å². The molecule has 5 atom stereocenters. The molecular weight excluding hydrogens is 386 g/mol. The van der Waals surface area contributed by atoms with Crippen molar-refractivity contribution in [2.24, 2.45) is 11.8 Å². The number of carbonyl (C=O) groups excluding carboxylic acids is 2. The Kier molecular flexibility index (Phi) is 7.92. The van der Waals surface area contributed by atoms with E-state index < -0.39 is 23.2 Å². The summed E-state index contributed by atoms with van der Waals surface area (Å²) < 4.78 is 19.5. The zero-order valence-electron chi connectivity index (χ0n) is 17.3. The van der Waals surface area contributed by atoms with Crippen LogP contribution in [0.15, 0.2) is 46.9 Å². The Morgan fingerprint density at radius 2 is 1.90 bits per heavy atom. The molecule has 0 aromatic carbocycles. The van der Waals surface area contributed by atoms with Crippen LogP contribution in [0.4, 0.5) is 0 Å². The Morgan fingerprint density at radius 1 is 1.17 bits per heavy atom. The zero-order chi connectivity index (χ0) is 20.8. The minimum Gasteiger partial charge on any atom is -0.611 e. The second-order valence-corrected chi connectivity index (χ2v) is 9.72. The van der Waals surface area contributed by atoms with E-state index in [-0.39, 0.29) is 29.3 Å². The van der Waals surface area contributed by atoms with Gasteiger partial charge in [0.2, 0.25) is 0 Å². The number of hydrogen-bond donors (Lipinski definition) is 1. The first kappa shape index (κ1) is 22.1. The number of nitrogens with one attached hydrogen (secondary N) is 1. The Labute approximate surface area is 176 Å². The van der Waals surface area contributed by atoms with Crippen molar-refractivity contribution in [3.8, 4) is 0 Å². The number of allylic oxidation sites excluding steroid dienone is 5. The molecule has 1 fully saturated rings. The van der Waals surface area contributed by atoms with Crippen LogP contribution in [0.2, 0.25) is 0 Å². The molecule has 0 amide bonds. The molecule has 0 aromatic rings. The number of hydrogen-bond acceptors (Lipinski definition) is 5. The predicted octanol–water partition coefficient (Wildman–Crippen LogP) is 3.36. The monoisotopic (exact) mass is 417 g/mol. The van der Waals surface area contributed by atoms with Crippen molar-refractivity contribution < 1.29 is 18.9 Å². The van der Waals surface area contributed by atoms with E-state index in [0.29, 0.717) is 6.54 Å². The minimum atomic E-state index is -1.11. The van der Waals surface area contributed by atoms with Crippen LogP contribution in [-0.4, -0.2) is 41.3 Å². The first-order valence-electron chi connectivity index (χ1n) is 10.5. The lowest BCUT2D eigenvalue weighted by Gasteiger charge is -2.39. The third-order valence-electron chi connectivity index (χ3n) is 5.89. The summed E-state index contributed by atoms with van der Waals surface area (Å²) in [7, 11) is 1.76. The van der Waals surface area contributed by atoms with Crippen molar-refractivity contribution in [1.82, 2.24) is 5.32 Å². The fourth-order valence-corrected chi connectivity index (χ4v) is 6.47. The highest BCUT2D eigenvalue weighted by atomic mass is 32.2. The van der Waals surface area contributed by atoms with Crippen LogP contribution >= 0.6 is 0 Å². The van der Waals surface area contributed by atoms with Crippen LogP contribution < -0.4 is 5.32 Å². The van der Waals surface area contributed by atoms with Gasteiger partial charge >= 0.3 is 5.97 Å². The van der Waals surface area contributed by atoms with Crippen LogP contribution in [0.5, 0.6) is 0 Å². The smallest absolute Gasteiger partial charge is 0.311 e. The van der Waals surface area contributed by atoms with Crippen LogP contribution in [0.25, 0.3) is 0 Å². The zero-order valence-corrected chi connectivity index (χ0v) is 18.1. The number of esters is 1. The lowest BCUT2D eigenvalue weighted by molar-refractivity contribution is -0.155. The summed E-state index contributed by atoms with van der Waals surface area (Å²) in [5.74, 6) is -0.837. The second-order valence-electron chi connectivity index (χ2n) is 8.08. The summed E-state index contributed by atoms with van der Waals surface area (Å²) in [5.41, 5.74) is 0.839. The summed E-state index contributed by atoms with van der Waals surface area (Å²) >= 11 is -1.11. The van der Waals surface area contributed by atoms with E-state index >= 15 is 0 Å². The fraction of sp³-hybridized carbons (Fsp3) is 0.565. The Hall–Kier alpha value is -1.63. The summed E-state index contributed by atoms with van der Waals surface area (Å²) in [5, 5.41) is 3.00. The van der Waals surface area contributed by atoms with Gasteiger partial charge in [0.1, 0.15) is 17.1 Å². The summed E-state index contributed by atoms with van der Waals surface area (Å²) in [4.78, 5) is 25.4. The van der Waals surface area contributed by atoms with Gasteiger partial charge in [-0.25, -0.2) is 0 Å². The van der Waals surface area contributed by atoms with E-state index in [4.69, 9.17) is 4.74 Å². The van der Waals surface area contributed by atoms with E-state index in [1.165, 1.54) is 6.92 Å². The number of ketones is 1. The average molecular weight is 418 g/mol. The molecule has 1 aliphatic heterocycles. The molecule has 29 heavy (non-hydrogen) atoms. The number of rotatable bonds is 6. The van der Waals surface area contributed by atoms with E-state index in [1.54, 1.807) is 7.05 Å². The van der Waals surface area contributed by atoms with Gasteiger partial charge in [0, 0.05) is 24.5 Å². The van der Waals surface area contributed by atoms with Crippen LogP contribution in [-0.2, 0) is 25.5 Å². The van der Waals surface area contributed by atoms with Gasteiger partial charge in [0.15, 0.2) is 4.91 Å². The molecule has 0 aromatic heterocycles. The maximum atomic E-state index is 13.4. The molecule has 5 unspecified atom stereocenters. The standard InChI is InChI=1S/C23H31NO4S/c1-16(25)14-17(15-24-2)23(26)28-22-18-10-6-3-4-8-12-20(18)29(27)21-13-9-5-7-11-19(21)22/h3-4,6,8,10,12,17,19,21-22,24H,5,7,9,11,13-15H2,1-2H3/b4-3-,6-3?,8-4?,10-6-,12-8-,18-10?,20-12?. The third kappa shape index (κ3) is 5.30. The van der Waals surface area contributed by atoms with Gasteiger partial charge in [-0.1, -0.05) is 43.2 Å². The molecule has 1 N–H and O–H groups in total. The molecule has 158 valence electrons. The molecule has 3 rings (SSSR count). The van der Waals surface area contributed by atoms with Gasteiger partial charge in [-0.15, -0.1) is 0 Å². The molecule has 0 saturated heterocycles. The molecule has 0 spiro atoms. The highest BCUT2D eigenvalue weighted by Gasteiger charge is 2.48. The highest BCUT2D eigenvalue weighted by Crippen LogP contribution is 2.44. The third-order valence-corrected chi connectivity index (χ3v) is 7.83. The van der Waals surface area contributed by atoms with Crippen LogP contribution in [0.3, 0.4) is 0 Å². The van der Waals surface area contributed by atoms with Gasteiger partial charge in [-0.3, -0.25) is 4.79 Å². The van der Waals surface area contributed by atoms with E-state index in [0.717, 1.165) is 42.6 Å². The Balaban J connectivity index is 1.95. The second kappa shape index (κ2) is 10.4. The lowest BCUT2D eigenvalue weighted by atomic mass is 9.87. The Morgan fingerprint density at radius 3 is 2.62 bits per heavy atom. The SMILES string of the molecule is CNCC(CC(C)=O)C(=O)OC1C2=C(\C=C/C=C\C=C/2)[S+]([O-])C2CCCCCC12. The van der Waals surface area contributed by atoms with Crippen molar-refractivity contribution >= 4 is 22.9 Å². The van der Waals surface area contributed by atoms with Crippen LogP contribution in [0, 0.1) is 11.8 Å². The van der Waals surface area contributed by atoms with Gasteiger partial charge in [0.25, 0.3) is 0 Å². The van der Waals surface area contributed by atoms with Crippen molar-refractivity contribution in [2.45, 2.75) is 56.8 Å². The molecular formula is C23H31NO4S. The molecule has 2 aliphatic carbocycles. The highest BCUT2D eigenvalue weighted by molar-refractivity contribution is 7.96. The maximum Gasteiger partial charge on any atom is 0.311 e. The number of fused-ring (bicyclic) bond motifs is 1. The largest absolute Gasteiger partial charge is 0.611 e. The van der Waals surface area contributed by atoms with E-state index in [2.05, 4.69) is 5.32 Å². The van der Waals surface area contributed by atoms with Gasteiger partial charge in [-0.2, -0.15) is 0 Å². The van der Waals surface area contributed by atoms with Crippen molar-refractivity contribution in [3.05, 3.63) is 46.9 Å². The molecule has 1 heterocycles. The maximum absolute atomic E-state index is 13.4. The molecule has 3 aliphatic rings. The first-order chi connectivity index (χ1) is 14.0. The van der Waals surface area contributed by atoms with Gasteiger partial charge < -0.3 is 19.4 Å². The lowest BCUT2D eigenvalue weighted by Crippen LogP contribution is -2.46. The number of ether oxygens (including phenoxy) is 1.